The van der Waals surface area contributed by atoms with Crippen molar-refractivity contribution in [3.05, 3.63) is 0 Å². The minimum atomic E-state index is 0.0312. The molecule has 1 saturated carbocycles. The lowest BCUT2D eigenvalue weighted by Gasteiger charge is -2.32. The van der Waals surface area contributed by atoms with E-state index in [1.807, 2.05) is 0 Å². The zero-order valence-corrected chi connectivity index (χ0v) is 13.4. The number of ether oxygens (including phenoxy) is 1. The van der Waals surface area contributed by atoms with Crippen LogP contribution in [-0.4, -0.2) is 56.9 Å². The van der Waals surface area contributed by atoms with Crippen molar-refractivity contribution in [3.8, 4) is 0 Å². The van der Waals surface area contributed by atoms with Crippen LogP contribution in [0.3, 0.4) is 0 Å². The molecule has 1 heterocycles. The fourth-order valence-electron chi connectivity index (χ4n) is 3.35. The number of likely N-dealkylation sites (tertiary alicyclic amines) is 1. The molecule has 2 aliphatic rings. The molecule has 21 heavy (non-hydrogen) atoms. The average Bonchev–Trinajstić information content (AvgIpc) is 2.53. The highest BCUT2D eigenvalue weighted by atomic mass is 16.5. The molecular weight excluding hydrogens is 266 g/mol. The molecule has 2 fully saturated rings. The molecule has 5 nitrogen and oxygen atoms in total. The van der Waals surface area contributed by atoms with E-state index in [0.717, 1.165) is 45.6 Å². The topological polar surface area (TPSA) is 53.6 Å². The highest BCUT2D eigenvalue weighted by Gasteiger charge is 2.20. The highest BCUT2D eigenvalue weighted by molar-refractivity contribution is 5.74. The Morgan fingerprint density at radius 3 is 2.52 bits per heavy atom. The first kappa shape index (κ1) is 16.6. The van der Waals surface area contributed by atoms with Gasteiger partial charge >= 0.3 is 6.03 Å². The van der Waals surface area contributed by atoms with E-state index >= 15 is 0 Å². The summed E-state index contributed by atoms with van der Waals surface area (Å²) in [6.45, 7) is 4.90. The van der Waals surface area contributed by atoms with Crippen LogP contribution in [0.25, 0.3) is 0 Å². The number of urea groups is 1. The third-order valence-electron chi connectivity index (χ3n) is 4.81. The second-order valence-electron chi connectivity index (χ2n) is 6.47. The standard InChI is InChI=1S/C16H31N3O2/c1-21-12-11-19-9-7-14(8-10-19)13-17-16(20)18-15-5-3-2-4-6-15/h14-15H,2-13H2,1H3,(H2,17,18,20). The molecule has 0 atom stereocenters. The third kappa shape index (κ3) is 6.22. The van der Waals surface area contributed by atoms with Crippen molar-refractivity contribution in [1.82, 2.24) is 15.5 Å². The summed E-state index contributed by atoms with van der Waals surface area (Å²) in [7, 11) is 1.75. The Morgan fingerprint density at radius 2 is 1.86 bits per heavy atom. The molecule has 0 aromatic heterocycles. The lowest BCUT2D eigenvalue weighted by Crippen LogP contribution is -2.45. The van der Waals surface area contributed by atoms with E-state index in [1.54, 1.807) is 7.11 Å². The second-order valence-corrected chi connectivity index (χ2v) is 6.47. The van der Waals surface area contributed by atoms with E-state index in [9.17, 15) is 4.79 Å². The number of rotatable bonds is 6. The number of carbonyl (C=O) groups is 1. The molecule has 0 bridgehead atoms. The third-order valence-corrected chi connectivity index (χ3v) is 4.81. The van der Waals surface area contributed by atoms with Gasteiger partial charge in [0.2, 0.25) is 0 Å². The van der Waals surface area contributed by atoms with Gasteiger partial charge in [0, 0.05) is 26.2 Å². The van der Waals surface area contributed by atoms with Gasteiger partial charge in [-0.1, -0.05) is 19.3 Å². The summed E-state index contributed by atoms with van der Waals surface area (Å²) in [6.07, 6.45) is 8.47. The molecule has 0 radical (unpaired) electrons. The molecule has 1 aliphatic heterocycles. The van der Waals surface area contributed by atoms with Crippen LogP contribution in [0.2, 0.25) is 0 Å². The Hall–Kier alpha value is -0.810. The number of amides is 2. The van der Waals surface area contributed by atoms with E-state index in [1.165, 1.54) is 32.1 Å². The maximum Gasteiger partial charge on any atom is 0.315 e. The summed E-state index contributed by atoms with van der Waals surface area (Å²) in [4.78, 5) is 14.4. The van der Waals surface area contributed by atoms with Crippen LogP contribution in [0.5, 0.6) is 0 Å². The number of hydrogen-bond acceptors (Lipinski definition) is 3. The van der Waals surface area contributed by atoms with Crippen LogP contribution in [0, 0.1) is 5.92 Å². The van der Waals surface area contributed by atoms with Gasteiger partial charge in [0.1, 0.15) is 0 Å². The molecule has 2 N–H and O–H groups in total. The van der Waals surface area contributed by atoms with E-state index in [4.69, 9.17) is 4.74 Å². The largest absolute Gasteiger partial charge is 0.383 e. The smallest absolute Gasteiger partial charge is 0.315 e. The molecule has 122 valence electrons. The average molecular weight is 297 g/mol. The number of carbonyl (C=O) groups excluding carboxylic acids is 1. The van der Waals surface area contributed by atoms with Gasteiger partial charge in [-0.25, -0.2) is 4.79 Å². The molecule has 2 amide bonds. The summed E-state index contributed by atoms with van der Waals surface area (Å²) in [5.41, 5.74) is 0. The van der Waals surface area contributed by atoms with Crippen molar-refractivity contribution in [3.63, 3.8) is 0 Å². The van der Waals surface area contributed by atoms with Crippen molar-refractivity contribution in [2.45, 2.75) is 51.0 Å². The molecule has 0 spiro atoms. The van der Waals surface area contributed by atoms with Gasteiger partial charge in [-0.2, -0.15) is 0 Å². The summed E-state index contributed by atoms with van der Waals surface area (Å²) in [6, 6.07) is 0.429. The number of methoxy groups -OCH3 is 1. The lowest BCUT2D eigenvalue weighted by molar-refractivity contribution is 0.120. The normalized spacial score (nSPS) is 22.1. The van der Waals surface area contributed by atoms with Gasteiger partial charge in [-0.15, -0.1) is 0 Å². The van der Waals surface area contributed by atoms with Gasteiger partial charge in [-0.3, -0.25) is 0 Å². The van der Waals surface area contributed by atoms with Gasteiger partial charge in [0.25, 0.3) is 0 Å². The lowest BCUT2D eigenvalue weighted by atomic mass is 9.95. The molecule has 2 rings (SSSR count). The Kier molecular flexibility index (Phi) is 7.30. The van der Waals surface area contributed by atoms with E-state index < -0.39 is 0 Å². The zero-order valence-electron chi connectivity index (χ0n) is 13.4. The number of nitrogens with one attached hydrogen (secondary N) is 2. The van der Waals surface area contributed by atoms with Crippen molar-refractivity contribution in [1.29, 1.82) is 0 Å². The van der Waals surface area contributed by atoms with Crippen LogP contribution in [0.15, 0.2) is 0 Å². The molecule has 1 saturated heterocycles. The summed E-state index contributed by atoms with van der Waals surface area (Å²) >= 11 is 0. The summed E-state index contributed by atoms with van der Waals surface area (Å²) in [5, 5.41) is 6.18. The van der Waals surface area contributed by atoms with Crippen molar-refractivity contribution >= 4 is 6.03 Å². The second kappa shape index (κ2) is 9.26. The maximum atomic E-state index is 11.9. The molecule has 5 heteroatoms. The summed E-state index contributed by atoms with van der Waals surface area (Å²) < 4.78 is 5.12. The first-order valence-electron chi connectivity index (χ1n) is 8.53. The van der Waals surface area contributed by atoms with Crippen LogP contribution in [0.1, 0.15) is 44.9 Å². The highest BCUT2D eigenvalue weighted by Crippen LogP contribution is 2.18. The Labute approximate surface area is 128 Å². The van der Waals surface area contributed by atoms with Crippen LogP contribution in [-0.2, 0) is 4.74 Å². The first-order valence-corrected chi connectivity index (χ1v) is 8.53. The monoisotopic (exact) mass is 297 g/mol. The van der Waals surface area contributed by atoms with E-state index in [-0.39, 0.29) is 6.03 Å². The molecular formula is C16H31N3O2. The SMILES string of the molecule is COCCN1CCC(CNC(=O)NC2CCCCC2)CC1. The minimum Gasteiger partial charge on any atom is -0.383 e. The summed E-state index contributed by atoms with van der Waals surface area (Å²) in [5.74, 6) is 0.626. The maximum absolute atomic E-state index is 11.9. The van der Waals surface area contributed by atoms with Crippen LogP contribution < -0.4 is 10.6 Å². The minimum absolute atomic E-state index is 0.0312. The van der Waals surface area contributed by atoms with Gasteiger partial charge in [-0.05, 0) is 44.7 Å². The predicted molar refractivity (Wildman–Crippen MR) is 84.4 cm³/mol. The molecule has 0 unspecified atom stereocenters. The Bertz CT molecular complexity index is 298. The fraction of sp³-hybridized carbons (Fsp3) is 0.938. The van der Waals surface area contributed by atoms with Crippen LogP contribution in [0.4, 0.5) is 4.79 Å². The molecule has 0 aromatic rings. The molecule has 1 aliphatic carbocycles. The van der Waals surface area contributed by atoms with Gasteiger partial charge < -0.3 is 20.3 Å². The predicted octanol–water partition coefficient (Wildman–Crippen LogP) is 1.98. The van der Waals surface area contributed by atoms with Crippen molar-refractivity contribution in [2.75, 3.05) is 39.9 Å². The van der Waals surface area contributed by atoms with Crippen LogP contribution >= 0.6 is 0 Å². The van der Waals surface area contributed by atoms with Gasteiger partial charge in [0.15, 0.2) is 0 Å². The van der Waals surface area contributed by atoms with Gasteiger partial charge in [0.05, 0.1) is 6.61 Å². The quantitative estimate of drug-likeness (QED) is 0.788. The van der Waals surface area contributed by atoms with E-state index in [2.05, 4.69) is 15.5 Å². The van der Waals surface area contributed by atoms with Crippen molar-refractivity contribution < 1.29 is 9.53 Å². The number of nitrogens with zero attached hydrogens (tertiary/aromatic N) is 1. The van der Waals surface area contributed by atoms with Crippen molar-refractivity contribution in [2.24, 2.45) is 5.92 Å². The van der Waals surface area contributed by atoms with E-state index in [0.29, 0.717) is 12.0 Å². The zero-order chi connectivity index (χ0) is 14.9. The Morgan fingerprint density at radius 1 is 1.14 bits per heavy atom. The Balaban J connectivity index is 1.55. The molecule has 0 aromatic carbocycles. The first-order chi connectivity index (χ1) is 10.3. The number of hydrogen-bond donors (Lipinski definition) is 2. The fourth-order valence-corrected chi connectivity index (χ4v) is 3.35. The number of piperidine rings is 1.